The van der Waals surface area contributed by atoms with Crippen LogP contribution in [0.3, 0.4) is 0 Å². The highest BCUT2D eigenvalue weighted by atomic mass is 32.1. The number of anilines is 1. The molecule has 1 heterocycles. The van der Waals surface area contributed by atoms with Gasteiger partial charge in [0.2, 0.25) is 0 Å². The second-order valence-corrected chi connectivity index (χ2v) is 3.34. The van der Waals surface area contributed by atoms with Crippen LogP contribution in [0, 0.1) is 4.77 Å². The highest BCUT2D eigenvalue weighted by molar-refractivity contribution is 7.71. The van der Waals surface area contributed by atoms with Crippen LogP contribution < -0.4 is 5.32 Å². The van der Waals surface area contributed by atoms with Gasteiger partial charge >= 0.3 is 0 Å². The second kappa shape index (κ2) is 2.86. The molecule has 0 aliphatic heterocycles. The number of hydrogen-bond acceptors (Lipinski definition) is 3. The molecule has 0 atom stereocenters. The third kappa shape index (κ3) is 1.12. The van der Waals surface area contributed by atoms with Gasteiger partial charge in [0, 0.05) is 18.3 Å². The molecule has 1 aliphatic carbocycles. The molecule has 0 unspecified atom stereocenters. The van der Waals surface area contributed by atoms with Crippen molar-refractivity contribution >= 4 is 18.0 Å². The molecule has 0 spiro atoms. The monoisotopic (exact) mass is 181 g/mol. The molecule has 1 aromatic rings. The van der Waals surface area contributed by atoms with Gasteiger partial charge in [0.05, 0.1) is 0 Å². The van der Waals surface area contributed by atoms with Gasteiger partial charge in [-0.2, -0.15) is 0 Å². The Labute approximate surface area is 76.2 Å². The SMILES string of the molecule is CNc1nc(=S)[nH]c2c1CCC2. The molecular formula is C8H11N3S. The van der Waals surface area contributed by atoms with Crippen LogP contribution in [-0.4, -0.2) is 17.0 Å². The molecule has 4 heteroatoms. The van der Waals surface area contributed by atoms with Crippen LogP contribution in [0.4, 0.5) is 5.82 Å². The van der Waals surface area contributed by atoms with E-state index in [1.807, 2.05) is 7.05 Å². The van der Waals surface area contributed by atoms with Crippen molar-refractivity contribution in [2.45, 2.75) is 19.3 Å². The zero-order valence-corrected chi connectivity index (χ0v) is 7.79. The summed E-state index contributed by atoms with van der Waals surface area (Å²) in [5, 5.41) is 3.07. The van der Waals surface area contributed by atoms with Gasteiger partial charge in [-0.05, 0) is 31.5 Å². The van der Waals surface area contributed by atoms with Crippen LogP contribution >= 0.6 is 12.2 Å². The minimum Gasteiger partial charge on any atom is -0.373 e. The zero-order valence-electron chi connectivity index (χ0n) is 6.98. The lowest BCUT2D eigenvalue weighted by molar-refractivity contribution is 0.898. The maximum absolute atomic E-state index is 5.00. The predicted octanol–water partition coefficient (Wildman–Crippen LogP) is 1.67. The van der Waals surface area contributed by atoms with Crippen molar-refractivity contribution < 1.29 is 0 Å². The van der Waals surface area contributed by atoms with E-state index in [1.165, 1.54) is 17.7 Å². The number of nitrogens with one attached hydrogen (secondary N) is 2. The molecule has 3 nitrogen and oxygen atoms in total. The molecular weight excluding hydrogens is 170 g/mol. The molecule has 0 saturated carbocycles. The summed E-state index contributed by atoms with van der Waals surface area (Å²) >= 11 is 5.00. The molecule has 0 saturated heterocycles. The Kier molecular flexibility index (Phi) is 1.84. The van der Waals surface area contributed by atoms with E-state index < -0.39 is 0 Å². The van der Waals surface area contributed by atoms with Gasteiger partial charge in [-0.25, -0.2) is 4.98 Å². The van der Waals surface area contributed by atoms with Crippen molar-refractivity contribution in [3.05, 3.63) is 16.0 Å². The van der Waals surface area contributed by atoms with Crippen LogP contribution in [0.1, 0.15) is 17.7 Å². The van der Waals surface area contributed by atoms with Gasteiger partial charge in [-0.1, -0.05) is 0 Å². The summed E-state index contributed by atoms with van der Waals surface area (Å²) < 4.78 is 0.583. The second-order valence-electron chi connectivity index (χ2n) is 2.95. The van der Waals surface area contributed by atoms with Gasteiger partial charge in [-0.3, -0.25) is 0 Å². The third-order valence-corrected chi connectivity index (χ3v) is 2.40. The predicted molar refractivity (Wildman–Crippen MR) is 51.0 cm³/mol. The normalized spacial score (nSPS) is 14.4. The molecule has 12 heavy (non-hydrogen) atoms. The quantitative estimate of drug-likeness (QED) is 0.647. The summed E-state index contributed by atoms with van der Waals surface area (Å²) in [6.07, 6.45) is 3.43. The standard InChI is InChI=1S/C8H11N3S/c1-9-7-5-3-2-4-6(5)10-8(12)11-7/h2-4H2,1H3,(H2,9,10,11,12). The first-order valence-electron chi connectivity index (χ1n) is 4.11. The van der Waals surface area contributed by atoms with Crippen LogP contribution in [0.25, 0.3) is 0 Å². The van der Waals surface area contributed by atoms with Crippen LogP contribution in [0.5, 0.6) is 0 Å². The van der Waals surface area contributed by atoms with E-state index in [4.69, 9.17) is 12.2 Å². The maximum atomic E-state index is 5.00. The van der Waals surface area contributed by atoms with E-state index in [0.717, 1.165) is 18.7 Å². The smallest absolute Gasteiger partial charge is 0.198 e. The average Bonchev–Trinajstić information content (AvgIpc) is 2.50. The van der Waals surface area contributed by atoms with Crippen molar-refractivity contribution in [3.63, 3.8) is 0 Å². The molecule has 0 bridgehead atoms. The Bertz CT molecular complexity index is 356. The molecule has 1 aromatic heterocycles. The van der Waals surface area contributed by atoms with Crippen molar-refractivity contribution in [1.82, 2.24) is 9.97 Å². The van der Waals surface area contributed by atoms with E-state index in [2.05, 4.69) is 15.3 Å². The number of aromatic nitrogens is 2. The van der Waals surface area contributed by atoms with Gasteiger partial charge in [-0.15, -0.1) is 0 Å². The Balaban J connectivity index is 2.62. The maximum Gasteiger partial charge on any atom is 0.198 e. The number of hydrogen-bond donors (Lipinski definition) is 2. The van der Waals surface area contributed by atoms with Crippen LogP contribution in [-0.2, 0) is 12.8 Å². The molecule has 64 valence electrons. The molecule has 0 aromatic carbocycles. The Hall–Kier alpha value is -0.900. The van der Waals surface area contributed by atoms with Gasteiger partial charge in [0.15, 0.2) is 4.77 Å². The first-order valence-corrected chi connectivity index (χ1v) is 4.52. The van der Waals surface area contributed by atoms with E-state index in [0.29, 0.717) is 4.77 Å². The largest absolute Gasteiger partial charge is 0.373 e. The van der Waals surface area contributed by atoms with Crippen molar-refractivity contribution in [1.29, 1.82) is 0 Å². The summed E-state index contributed by atoms with van der Waals surface area (Å²) in [7, 11) is 1.88. The Morgan fingerprint density at radius 2 is 2.33 bits per heavy atom. The number of rotatable bonds is 1. The number of aromatic amines is 1. The lowest BCUT2D eigenvalue weighted by atomic mass is 10.2. The number of fused-ring (bicyclic) bond motifs is 1. The topological polar surface area (TPSA) is 40.7 Å². The van der Waals surface area contributed by atoms with E-state index in [9.17, 15) is 0 Å². The first kappa shape index (κ1) is 7.73. The lowest BCUT2D eigenvalue weighted by Crippen LogP contribution is -2.00. The average molecular weight is 181 g/mol. The van der Waals surface area contributed by atoms with Gasteiger partial charge < -0.3 is 10.3 Å². The third-order valence-electron chi connectivity index (χ3n) is 2.21. The van der Waals surface area contributed by atoms with E-state index >= 15 is 0 Å². The van der Waals surface area contributed by atoms with Gasteiger partial charge in [0.25, 0.3) is 0 Å². The molecule has 2 rings (SSSR count). The fourth-order valence-electron chi connectivity index (χ4n) is 1.68. The van der Waals surface area contributed by atoms with Gasteiger partial charge in [0.1, 0.15) is 5.82 Å². The fourth-order valence-corrected chi connectivity index (χ4v) is 1.89. The fraction of sp³-hybridized carbons (Fsp3) is 0.500. The van der Waals surface area contributed by atoms with Crippen LogP contribution in [0.2, 0.25) is 0 Å². The lowest BCUT2D eigenvalue weighted by Gasteiger charge is -2.05. The number of aryl methyl sites for hydroxylation is 1. The van der Waals surface area contributed by atoms with E-state index in [1.54, 1.807) is 0 Å². The molecule has 2 N–H and O–H groups in total. The number of nitrogens with zero attached hydrogens (tertiary/aromatic N) is 1. The Morgan fingerprint density at radius 1 is 1.50 bits per heavy atom. The summed E-state index contributed by atoms with van der Waals surface area (Å²) in [6.45, 7) is 0. The Morgan fingerprint density at radius 3 is 3.08 bits per heavy atom. The molecule has 0 radical (unpaired) electrons. The summed E-state index contributed by atoms with van der Waals surface area (Å²) in [4.78, 5) is 7.34. The van der Waals surface area contributed by atoms with Crippen molar-refractivity contribution in [2.24, 2.45) is 0 Å². The summed E-state index contributed by atoms with van der Waals surface area (Å²) in [5.41, 5.74) is 2.57. The number of H-pyrrole nitrogens is 1. The highest BCUT2D eigenvalue weighted by Gasteiger charge is 2.15. The zero-order chi connectivity index (χ0) is 8.55. The first-order chi connectivity index (χ1) is 5.81. The van der Waals surface area contributed by atoms with Crippen molar-refractivity contribution in [3.8, 4) is 0 Å². The van der Waals surface area contributed by atoms with Crippen molar-refractivity contribution in [2.75, 3.05) is 12.4 Å². The van der Waals surface area contributed by atoms with Crippen LogP contribution in [0.15, 0.2) is 0 Å². The minimum absolute atomic E-state index is 0.583. The molecule has 1 aliphatic rings. The summed E-state index contributed by atoms with van der Waals surface area (Å²) in [6, 6.07) is 0. The van der Waals surface area contributed by atoms with E-state index in [-0.39, 0.29) is 0 Å². The summed E-state index contributed by atoms with van der Waals surface area (Å²) in [5.74, 6) is 0.950. The minimum atomic E-state index is 0.583. The highest BCUT2D eigenvalue weighted by Crippen LogP contribution is 2.24. The molecule has 0 fully saturated rings. The molecule has 0 amide bonds.